The molecule has 0 bridgehead atoms. The summed E-state index contributed by atoms with van der Waals surface area (Å²) in [5.74, 6) is -0.0657. The number of halogens is 1. The van der Waals surface area contributed by atoms with Gasteiger partial charge in [0.1, 0.15) is 5.82 Å². The molecule has 1 amide bonds. The lowest BCUT2D eigenvalue weighted by Crippen LogP contribution is -2.20. The summed E-state index contributed by atoms with van der Waals surface area (Å²) < 4.78 is 18.8. The molecule has 0 spiro atoms. The molecular weight excluding hydrogens is 285 g/mol. The van der Waals surface area contributed by atoms with E-state index in [1.165, 1.54) is 18.2 Å². The van der Waals surface area contributed by atoms with E-state index in [0.29, 0.717) is 17.1 Å². The lowest BCUT2D eigenvalue weighted by molar-refractivity contribution is -0.119. The number of amides is 1. The first-order chi connectivity index (χ1) is 10.5. The fraction of sp³-hybridized carbons (Fsp3) is 0.438. The van der Waals surface area contributed by atoms with Crippen molar-refractivity contribution in [1.82, 2.24) is 10.2 Å². The number of aromatic nitrogens is 2. The smallest absolute Gasteiger partial charge is 0.249 e. The molecule has 1 N–H and O–H groups in total. The monoisotopic (exact) mass is 305 g/mol. The van der Waals surface area contributed by atoms with Gasteiger partial charge in [0, 0.05) is 12.8 Å². The first kappa shape index (κ1) is 16.1. The number of benzene rings is 1. The number of unbranched alkanes of at least 4 members (excludes halogenated alkanes) is 1. The van der Waals surface area contributed by atoms with Crippen LogP contribution in [-0.2, 0) is 4.79 Å². The standard InChI is InChI=1S/C16H20FN3O2/c1-4-5-6-10(2)15(21)18-14-8-7-12(17)9-13(14)16-20-19-11(3)22-16/h7-10H,4-6H2,1-3H3,(H,18,21). The van der Waals surface area contributed by atoms with Gasteiger partial charge in [-0.15, -0.1) is 10.2 Å². The van der Waals surface area contributed by atoms with Crippen LogP contribution in [0, 0.1) is 18.7 Å². The Labute approximate surface area is 128 Å². The highest BCUT2D eigenvalue weighted by molar-refractivity contribution is 5.95. The summed E-state index contributed by atoms with van der Waals surface area (Å²) in [6.07, 6.45) is 2.85. The molecule has 2 rings (SSSR count). The maximum Gasteiger partial charge on any atom is 0.249 e. The van der Waals surface area contributed by atoms with E-state index in [9.17, 15) is 9.18 Å². The van der Waals surface area contributed by atoms with E-state index >= 15 is 0 Å². The molecule has 0 saturated heterocycles. The first-order valence-electron chi connectivity index (χ1n) is 7.42. The second-order valence-corrected chi connectivity index (χ2v) is 5.35. The second kappa shape index (κ2) is 7.15. The molecule has 0 aliphatic carbocycles. The van der Waals surface area contributed by atoms with Crippen LogP contribution in [0.15, 0.2) is 22.6 Å². The third kappa shape index (κ3) is 3.90. The van der Waals surface area contributed by atoms with Gasteiger partial charge in [0.25, 0.3) is 0 Å². The van der Waals surface area contributed by atoms with E-state index in [1.807, 2.05) is 6.92 Å². The zero-order valence-corrected chi connectivity index (χ0v) is 13.0. The van der Waals surface area contributed by atoms with Crippen molar-refractivity contribution in [3.63, 3.8) is 0 Å². The van der Waals surface area contributed by atoms with E-state index in [-0.39, 0.29) is 17.7 Å². The van der Waals surface area contributed by atoms with Crippen molar-refractivity contribution in [2.75, 3.05) is 5.32 Å². The number of carbonyl (C=O) groups is 1. The summed E-state index contributed by atoms with van der Waals surface area (Å²) in [5, 5.41) is 10.4. The van der Waals surface area contributed by atoms with E-state index in [2.05, 4.69) is 22.4 Å². The van der Waals surface area contributed by atoms with Crippen LogP contribution in [0.5, 0.6) is 0 Å². The molecule has 0 aliphatic rings. The molecule has 118 valence electrons. The zero-order valence-electron chi connectivity index (χ0n) is 13.0. The fourth-order valence-electron chi connectivity index (χ4n) is 2.11. The Hall–Kier alpha value is -2.24. The van der Waals surface area contributed by atoms with Crippen molar-refractivity contribution in [3.05, 3.63) is 29.9 Å². The van der Waals surface area contributed by atoms with Crippen molar-refractivity contribution in [2.45, 2.75) is 40.0 Å². The summed E-state index contributed by atoms with van der Waals surface area (Å²) in [6, 6.07) is 4.08. The summed E-state index contributed by atoms with van der Waals surface area (Å²) in [7, 11) is 0. The van der Waals surface area contributed by atoms with Gasteiger partial charge in [-0.3, -0.25) is 4.79 Å². The van der Waals surface area contributed by atoms with Gasteiger partial charge >= 0.3 is 0 Å². The number of rotatable bonds is 6. The lowest BCUT2D eigenvalue weighted by Gasteiger charge is -2.13. The van der Waals surface area contributed by atoms with Crippen LogP contribution in [0.25, 0.3) is 11.5 Å². The number of anilines is 1. The third-order valence-electron chi connectivity index (χ3n) is 3.43. The number of hydrogen-bond donors (Lipinski definition) is 1. The van der Waals surface area contributed by atoms with Gasteiger partial charge in [0.05, 0.1) is 11.3 Å². The largest absolute Gasteiger partial charge is 0.421 e. The molecular formula is C16H20FN3O2. The summed E-state index contributed by atoms with van der Waals surface area (Å²) in [5.41, 5.74) is 0.857. The minimum atomic E-state index is -0.428. The van der Waals surface area contributed by atoms with Crippen LogP contribution in [0.2, 0.25) is 0 Å². The van der Waals surface area contributed by atoms with Crippen molar-refractivity contribution in [2.24, 2.45) is 5.92 Å². The van der Waals surface area contributed by atoms with Crippen LogP contribution in [0.1, 0.15) is 39.0 Å². The average Bonchev–Trinajstić information content (AvgIpc) is 2.92. The van der Waals surface area contributed by atoms with Gasteiger partial charge in [-0.2, -0.15) is 0 Å². The highest BCUT2D eigenvalue weighted by Gasteiger charge is 2.17. The molecule has 0 aliphatic heterocycles. The topological polar surface area (TPSA) is 68.0 Å². The van der Waals surface area contributed by atoms with Gasteiger partial charge in [-0.05, 0) is 24.6 Å². The molecule has 22 heavy (non-hydrogen) atoms. The predicted molar refractivity (Wildman–Crippen MR) is 81.7 cm³/mol. The Morgan fingerprint density at radius 2 is 2.18 bits per heavy atom. The van der Waals surface area contributed by atoms with Crippen molar-refractivity contribution in [1.29, 1.82) is 0 Å². The van der Waals surface area contributed by atoms with Crippen LogP contribution < -0.4 is 5.32 Å². The number of aryl methyl sites for hydroxylation is 1. The lowest BCUT2D eigenvalue weighted by atomic mass is 10.0. The second-order valence-electron chi connectivity index (χ2n) is 5.35. The van der Waals surface area contributed by atoms with Gasteiger partial charge in [0.2, 0.25) is 17.7 Å². The summed E-state index contributed by atoms with van der Waals surface area (Å²) in [6.45, 7) is 5.62. The molecule has 1 aromatic carbocycles. The molecule has 1 aromatic heterocycles. The maximum absolute atomic E-state index is 13.5. The van der Waals surface area contributed by atoms with Crippen molar-refractivity contribution >= 4 is 11.6 Å². The number of carbonyl (C=O) groups excluding carboxylic acids is 1. The normalized spacial score (nSPS) is 12.2. The predicted octanol–water partition coefficient (Wildman–Crippen LogP) is 3.95. The molecule has 2 aromatic rings. The minimum Gasteiger partial charge on any atom is -0.421 e. The first-order valence-corrected chi connectivity index (χ1v) is 7.42. The van der Waals surface area contributed by atoms with E-state index < -0.39 is 5.82 Å². The maximum atomic E-state index is 13.5. The Kier molecular flexibility index (Phi) is 5.25. The quantitative estimate of drug-likeness (QED) is 0.877. The van der Waals surface area contributed by atoms with Gasteiger partial charge < -0.3 is 9.73 Å². The molecule has 1 heterocycles. The summed E-state index contributed by atoms with van der Waals surface area (Å²) in [4.78, 5) is 12.2. The van der Waals surface area contributed by atoms with Gasteiger partial charge in [0.15, 0.2) is 0 Å². The van der Waals surface area contributed by atoms with Gasteiger partial charge in [-0.1, -0.05) is 26.7 Å². The van der Waals surface area contributed by atoms with Crippen molar-refractivity contribution in [3.8, 4) is 11.5 Å². The highest BCUT2D eigenvalue weighted by Crippen LogP contribution is 2.28. The van der Waals surface area contributed by atoms with Crippen LogP contribution in [-0.4, -0.2) is 16.1 Å². The SMILES string of the molecule is CCCCC(C)C(=O)Nc1ccc(F)cc1-c1nnc(C)o1. The van der Waals surface area contributed by atoms with E-state index in [4.69, 9.17) is 4.42 Å². The zero-order chi connectivity index (χ0) is 16.1. The molecule has 5 nitrogen and oxygen atoms in total. The molecule has 0 saturated carbocycles. The number of nitrogens with one attached hydrogen (secondary N) is 1. The van der Waals surface area contributed by atoms with E-state index in [1.54, 1.807) is 6.92 Å². The Morgan fingerprint density at radius 1 is 1.41 bits per heavy atom. The average molecular weight is 305 g/mol. The van der Waals surface area contributed by atoms with Gasteiger partial charge in [-0.25, -0.2) is 4.39 Å². The Balaban J connectivity index is 2.22. The molecule has 1 unspecified atom stereocenters. The molecule has 0 fully saturated rings. The molecule has 0 radical (unpaired) electrons. The van der Waals surface area contributed by atoms with Crippen molar-refractivity contribution < 1.29 is 13.6 Å². The van der Waals surface area contributed by atoms with E-state index in [0.717, 1.165) is 19.3 Å². The Morgan fingerprint density at radius 3 is 2.82 bits per heavy atom. The number of hydrogen-bond acceptors (Lipinski definition) is 4. The minimum absolute atomic E-state index is 0.0995. The number of nitrogens with zero attached hydrogens (tertiary/aromatic N) is 2. The fourth-order valence-corrected chi connectivity index (χ4v) is 2.11. The van der Waals surface area contributed by atoms with Crippen LogP contribution in [0.3, 0.4) is 0 Å². The molecule has 6 heteroatoms. The third-order valence-corrected chi connectivity index (χ3v) is 3.43. The Bertz CT molecular complexity index is 655. The summed E-state index contributed by atoms with van der Waals surface area (Å²) >= 11 is 0. The van der Waals surface area contributed by atoms with Crippen LogP contribution in [0.4, 0.5) is 10.1 Å². The highest BCUT2D eigenvalue weighted by atomic mass is 19.1. The molecule has 1 atom stereocenters. The van der Waals surface area contributed by atoms with Crippen LogP contribution >= 0.6 is 0 Å².